The van der Waals surface area contributed by atoms with Gasteiger partial charge in [0.1, 0.15) is 13.2 Å². The predicted octanol–water partition coefficient (Wildman–Crippen LogP) is 0.661. The Kier molecular flexibility index (Phi) is 4.84. The third-order valence-electron chi connectivity index (χ3n) is 4.69. The van der Waals surface area contributed by atoms with Gasteiger partial charge in [0.25, 0.3) is 0 Å². The Morgan fingerprint density at radius 2 is 1.77 bits per heavy atom. The van der Waals surface area contributed by atoms with Gasteiger partial charge in [0, 0.05) is 51.2 Å². The van der Waals surface area contributed by atoms with Crippen molar-refractivity contribution in [2.75, 3.05) is 45.9 Å². The van der Waals surface area contributed by atoms with Crippen LogP contribution >= 0.6 is 0 Å². The Morgan fingerprint density at radius 1 is 1.00 bits per heavy atom. The number of rotatable bonds is 5. The van der Waals surface area contributed by atoms with Crippen molar-refractivity contribution in [3.8, 4) is 11.5 Å². The van der Waals surface area contributed by atoms with Gasteiger partial charge < -0.3 is 9.47 Å². The fourth-order valence-corrected chi connectivity index (χ4v) is 4.64. The molecule has 0 unspecified atom stereocenters. The summed E-state index contributed by atoms with van der Waals surface area (Å²) in [6.07, 6.45) is 3.69. The Labute approximate surface area is 153 Å². The highest BCUT2D eigenvalue weighted by Gasteiger charge is 2.29. The number of hydrogen-bond donors (Lipinski definition) is 0. The van der Waals surface area contributed by atoms with Crippen LogP contribution in [-0.4, -0.2) is 73.3 Å². The Balaban J connectivity index is 1.38. The molecule has 0 N–H and O–H groups in total. The minimum atomic E-state index is -3.52. The van der Waals surface area contributed by atoms with E-state index in [9.17, 15) is 8.42 Å². The molecule has 0 radical (unpaired) electrons. The summed E-state index contributed by atoms with van der Waals surface area (Å²) in [7, 11) is -3.52. The first-order chi connectivity index (χ1) is 12.6. The summed E-state index contributed by atoms with van der Waals surface area (Å²) in [4.78, 5) is 2.52. The van der Waals surface area contributed by atoms with Crippen molar-refractivity contribution >= 4 is 10.0 Å². The molecule has 2 aliphatic rings. The lowest BCUT2D eigenvalue weighted by Gasteiger charge is -2.34. The zero-order valence-corrected chi connectivity index (χ0v) is 15.3. The lowest BCUT2D eigenvalue weighted by atomic mass is 10.3. The monoisotopic (exact) mass is 378 g/mol. The number of hydrogen-bond acceptors (Lipinski definition) is 6. The van der Waals surface area contributed by atoms with Crippen molar-refractivity contribution in [2.24, 2.45) is 0 Å². The molecular weight excluding hydrogens is 356 g/mol. The number of nitrogens with zero attached hydrogens (tertiary/aromatic N) is 4. The summed E-state index contributed by atoms with van der Waals surface area (Å²) in [5.74, 6) is 1.09. The van der Waals surface area contributed by atoms with E-state index in [-0.39, 0.29) is 4.90 Å². The van der Waals surface area contributed by atoms with Crippen LogP contribution in [0.2, 0.25) is 0 Å². The van der Waals surface area contributed by atoms with Crippen LogP contribution in [0.4, 0.5) is 0 Å². The first-order valence-electron chi connectivity index (χ1n) is 8.72. The summed E-state index contributed by atoms with van der Waals surface area (Å²) in [6, 6.07) is 6.72. The summed E-state index contributed by atoms with van der Waals surface area (Å²) >= 11 is 0. The van der Waals surface area contributed by atoms with Crippen LogP contribution in [0.3, 0.4) is 0 Å². The topological polar surface area (TPSA) is 76.9 Å². The van der Waals surface area contributed by atoms with E-state index in [0.29, 0.717) is 50.9 Å². The van der Waals surface area contributed by atoms with Gasteiger partial charge in [0.2, 0.25) is 10.0 Å². The van der Waals surface area contributed by atoms with Crippen molar-refractivity contribution in [3.63, 3.8) is 0 Å². The molecule has 1 aromatic heterocycles. The van der Waals surface area contributed by atoms with Crippen molar-refractivity contribution in [3.05, 3.63) is 36.7 Å². The normalized spacial score (nSPS) is 18.8. The Morgan fingerprint density at radius 3 is 2.50 bits per heavy atom. The molecule has 3 heterocycles. The van der Waals surface area contributed by atoms with Crippen molar-refractivity contribution in [1.82, 2.24) is 19.0 Å². The molecule has 1 fully saturated rings. The van der Waals surface area contributed by atoms with Gasteiger partial charge >= 0.3 is 0 Å². The lowest BCUT2D eigenvalue weighted by molar-refractivity contribution is 0.170. The van der Waals surface area contributed by atoms with Crippen LogP contribution in [0.15, 0.2) is 41.6 Å². The highest BCUT2D eigenvalue weighted by atomic mass is 32.2. The fourth-order valence-electron chi connectivity index (χ4n) is 3.20. The molecule has 9 heteroatoms. The van der Waals surface area contributed by atoms with Gasteiger partial charge in [-0.1, -0.05) is 0 Å². The SMILES string of the molecule is O=S(=O)(c1ccc2c(c1)OCCO2)N1CCN(CCn2cccn2)CC1. The number of sulfonamides is 1. The van der Waals surface area contributed by atoms with E-state index < -0.39 is 10.0 Å². The molecule has 0 saturated carbocycles. The van der Waals surface area contributed by atoms with Crippen LogP contribution in [-0.2, 0) is 16.6 Å². The largest absolute Gasteiger partial charge is 0.486 e. The first-order valence-corrected chi connectivity index (χ1v) is 10.2. The van der Waals surface area contributed by atoms with Gasteiger partial charge in [0.15, 0.2) is 11.5 Å². The highest BCUT2D eigenvalue weighted by molar-refractivity contribution is 7.89. The second-order valence-electron chi connectivity index (χ2n) is 6.32. The molecular formula is C17H22N4O4S. The van der Waals surface area contributed by atoms with Crippen molar-refractivity contribution in [1.29, 1.82) is 0 Å². The first kappa shape index (κ1) is 17.3. The van der Waals surface area contributed by atoms with Crippen molar-refractivity contribution < 1.29 is 17.9 Å². The maximum Gasteiger partial charge on any atom is 0.243 e. The summed E-state index contributed by atoms with van der Waals surface area (Å²) < 4.78 is 40.2. The maximum absolute atomic E-state index is 12.9. The number of piperazine rings is 1. The van der Waals surface area contributed by atoms with Crippen LogP contribution in [0.1, 0.15) is 0 Å². The van der Waals surface area contributed by atoms with E-state index in [4.69, 9.17) is 9.47 Å². The molecule has 0 bridgehead atoms. The second kappa shape index (κ2) is 7.26. The van der Waals surface area contributed by atoms with Crippen LogP contribution in [0.5, 0.6) is 11.5 Å². The lowest BCUT2D eigenvalue weighted by Crippen LogP contribution is -2.49. The molecule has 2 aliphatic heterocycles. The van der Waals surface area contributed by atoms with Gasteiger partial charge in [-0.3, -0.25) is 9.58 Å². The third-order valence-corrected chi connectivity index (χ3v) is 6.58. The smallest absolute Gasteiger partial charge is 0.243 e. The predicted molar refractivity (Wildman–Crippen MR) is 94.9 cm³/mol. The number of fused-ring (bicyclic) bond motifs is 1. The van der Waals surface area contributed by atoms with E-state index in [0.717, 1.165) is 13.1 Å². The Bertz CT molecular complexity index is 846. The number of benzene rings is 1. The molecule has 1 saturated heterocycles. The zero-order chi connectivity index (χ0) is 18.0. The van der Waals surface area contributed by atoms with Gasteiger partial charge in [-0.25, -0.2) is 8.42 Å². The van der Waals surface area contributed by atoms with Crippen LogP contribution in [0, 0.1) is 0 Å². The molecule has 0 atom stereocenters. The molecule has 0 aliphatic carbocycles. The van der Waals surface area contributed by atoms with Crippen LogP contribution < -0.4 is 9.47 Å². The molecule has 26 heavy (non-hydrogen) atoms. The average Bonchev–Trinajstić information content (AvgIpc) is 3.20. The maximum atomic E-state index is 12.9. The van der Waals surface area contributed by atoms with Gasteiger partial charge in [-0.2, -0.15) is 9.40 Å². The molecule has 2 aromatic rings. The minimum absolute atomic E-state index is 0.256. The van der Waals surface area contributed by atoms with Crippen molar-refractivity contribution in [2.45, 2.75) is 11.4 Å². The zero-order valence-electron chi connectivity index (χ0n) is 14.5. The minimum Gasteiger partial charge on any atom is -0.486 e. The standard InChI is InChI=1S/C17H22N4O4S/c22-26(23,15-2-3-16-17(14-15)25-13-12-24-16)21-10-7-19(8-11-21)6-9-20-5-1-4-18-20/h1-5,14H,6-13H2. The number of ether oxygens (including phenoxy) is 2. The average molecular weight is 378 g/mol. The quantitative estimate of drug-likeness (QED) is 0.761. The molecule has 8 nitrogen and oxygen atoms in total. The van der Waals surface area contributed by atoms with Gasteiger partial charge in [-0.05, 0) is 18.2 Å². The second-order valence-corrected chi connectivity index (χ2v) is 8.26. The van der Waals surface area contributed by atoms with E-state index in [2.05, 4.69) is 10.00 Å². The fraction of sp³-hybridized carbons (Fsp3) is 0.471. The highest BCUT2D eigenvalue weighted by Crippen LogP contribution is 2.33. The summed E-state index contributed by atoms with van der Waals surface area (Å²) in [5.41, 5.74) is 0. The summed E-state index contributed by atoms with van der Waals surface area (Å²) in [6.45, 7) is 4.98. The molecule has 0 spiro atoms. The third kappa shape index (κ3) is 3.55. The van der Waals surface area contributed by atoms with Crippen LogP contribution in [0.25, 0.3) is 0 Å². The molecule has 4 rings (SSSR count). The van der Waals surface area contributed by atoms with E-state index in [1.807, 2.05) is 16.9 Å². The Hall–Kier alpha value is -2.10. The summed E-state index contributed by atoms with van der Waals surface area (Å²) in [5, 5.41) is 4.19. The van der Waals surface area contributed by atoms with E-state index in [1.165, 1.54) is 0 Å². The molecule has 0 amide bonds. The number of aromatic nitrogens is 2. The van der Waals surface area contributed by atoms with Gasteiger partial charge in [-0.15, -0.1) is 0 Å². The molecule has 140 valence electrons. The van der Waals surface area contributed by atoms with Gasteiger partial charge in [0.05, 0.1) is 11.4 Å². The van der Waals surface area contributed by atoms with E-state index >= 15 is 0 Å². The molecule has 1 aromatic carbocycles. The van der Waals surface area contributed by atoms with E-state index in [1.54, 1.807) is 28.7 Å².